The Kier molecular flexibility index (Phi) is 4.72. The molecule has 0 bridgehead atoms. The molecule has 2 fully saturated rings. The number of rotatable bonds is 7. The van der Waals surface area contributed by atoms with Crippen LogP contribution in [0.3, 0.4) is 0 Å². The molecule has 2 heteroatoms. The predicted octanol–water partition coefficient (Wildman–Crippen LogP) is 4.32. The molecule has 0 aromatic carbocycles. The highest BCUT2D eigenvalue weighted by Crippen LogP contribution is 2.36. The molecule has 0 spiro atoms. The Balaban J connectivity index is 1.87. The molecule has 3 atom stereocenters. The molecule has 0 amide bonds. The van der Waals surface area contributed by atoms with Gasteiger partial charge in [0.1, 0.15) is 12.7 Å². The maximum atomic E-state index is 5.82. The summed E-state index contributed by atoms with van der Waals surface area (Å²) in [5.74, 6) is 2.75. The molecule has 2 unspecified atom stereocenters. The first-order chi connectivity index (χ1) is 9.00. The van der Waals surface area contributed by atoms with E-state index in [0.717, 1.165) is 30.6 Å². The molecule has 0 aromatic rings. The van der Waals surface area contributed by atoms with Crippen LogP contribution in [-0.4, -0.2) is 19.3 Å². The van der Waals surface area contributed by atoms with Crippen LogP contribution in [-0.2, 0) is 9.47 Å². The number of ether oxygens (including phenoxy) is 2. The van der Waals surface area contributed by atoms with Crippen molar-refractivity contribution in [2.45, 2.75) is 53.1 Å². The highest BCUT2D eigenvalue weighted by Gasteiger charge is 2.25. The number of hydrogen-bond donors (Lipinski definition) is 0. The van der Waals surface area contributed by atoms with E-state index in [9.17, 15) is 0 Å². The van der Waals surface area contributed by atoms with Crippen molar-refractivity contribution in [3.05, 3.63) is 24.0 Å². The minimum Gasteiger partial charge on any atom is -0.495 e. The van der Waals surface area contributed by atoms with Crippen LogP contribution in [0.25, 0.3) is 0 Å². The van der Waals surface area contributed by atoms with Gasteiger partial charge < -0.3 is 9.47 Å². The van der Waals surface area contributed by atoms with Crippen LogP contribution >= 0.6 is 0 Å². The van der Waals surface area contributed by atoms with E-state index in [1.807, 2.05) is 0 Å². The molecule has 108 valence electrons. The van der Waals surface area contributed by atoms with Crippen LogP contribution in [0.5, 0.6) is 0 Å². The lowest BCUT2D eigenvalue weighted by molar-refractivity contribution is 0.174. The Bertz CT molecular complexity index is 350. The van der Waals surface area contributed by atoms with E-state index >= 15 is 0 Å². The highest BCUT2D eigenvalue weighted by molar-refractivity contribution is 5.12. The summed E-state index contributed by atoms with van der Waals surface area (Å²) >= 11 is 0. The summed E-state index contributed by atoms with van der Waals surface area (Å²) in [5, 5.41) is 0. The van der Waals surface area contributed by atoms with Gasteiger partial charge in [0.25, 0.3) is 0 Å². The van der Waals surface area contributed by atoms with Gasteiger partial charge >= 0.3 is 0 Å². The van der Waals surface area contributed by atoms with E-state index in [1.165, 1.54) is 12.8 Å². The second kappa shape index (κ2) is 6.13. The standard InChI is InChI=1S/C17H28O2/c1-5-15(18-11-16-12-19-16)10-17(3,4)9-8-14-7-6-13(14)2/h8-10,13-14,16H,5-7,11-12H2,1-4H3/b9-8-,15-10+/t13?,14?,16-/m1/s1. The molecule has 2 aliphatic rings. The Morgan fingerprint density at radius 1 is 1.37 bits per heavy atom. The summed E-state index contributed by atoms with van der Waals surface area (Å²) in [5.41, 5.74) is 0.0745. The first-order valence-corrected chi connectivity index (χ1v) is 7.65. The van der Waals surface area contributed by atoms with Crippen molar-refractivity contribution >= 4 is 0 Å². The van der Waals surface area contributed by atoms with Gasteiger partial charge in [0, 0.05) is 11.8 Å². The van der Waals surface area contributed by atoms with Crippen LogP contribution < -0.4 is 0 Å². The molecular weight excluding hydrogens is 236 g/mol. The zero-order chi connectivity index (χ0) is 13.9. The second-order valence-electron chi connectivity index (χ2n) is 6.63. The molecule has 2 nitrogen and oxygen atoms in total. The quantitative estimate of drug-likeness (QED) is 0.388. The summed E-state index contributed by atoms with van der Waals surface area (Å²) in [6.07, 6.45) is 11.0. The van der Waals surface area contributed by atoms with Gasteiger partial charge in [-0.3, -0.25) is 0 Å². The summed E-state index contributed by atoms with van der Waals surface area (Å²) in [6.45, 7) is 10.6. The lowest BCUT2D eigenvalue weighted by Crippen LogP contribution is -2.21. The average molecular weight is 264 g/mol. The van der Waals surface area contributed by atoms with Crippen molar-refractivity contribution in [3.8, 4) is 0 Å². The van der Waals surface area contributed by atoms with E-state index in [-0.39, 0.29) is 5.41 Å². The monoisotopic (exact) mass is 264 g/mol. The lowest BCUT2D eigenvalue weighted by atomic mass is 9.74. The van der Waals surface area contributed by atoms with E-state index < -0.39 is 0 Å². The maximum Gasteiger partial charge on any atom is 0.116 e. The smallest absolute Gasteiger partial charge is 0.116 e. The minimum absolute atomic E-state index is 0.0745. The van der Waals surface area contributed by atoms with Gasteiger partial charge in [-0.1, -0.05) is 39.8 Å². The van der Waals surface area contributed by atoms with Gasteiger partial charge in [-0.2, -0.15) is 0 Å². The zero-order valence-electron chi connectivity index (χ0n) is 12.8. The van der Waals surface area contributed by atoms with Crippen LogP contribution in [0.4, 0.5) is 0 Å². The molecule has 0 radical (unpaired) electrons. The maximum absolute atomic E-state index is 5.82. The molecule has 0 aromatic heterocycles. The Morgan fingerprint density at radius 3 is 2.58 bits per heavy atom. The fraction of sp³-hybridized carbons (Fsp3) is 0.765. The van der Waals surface area contributed by atoms with E-state index in [1.54, 1.807) is 0 Å². The van der Waals surface area contributed by atoms with Crippen molar-refractivity contribution in [2.75, 3.05) is 13.2 Å². The van der Waals surface area contributed by atoms with Crippen LogP contribution in [0.1, 0.15) is 47.0 Å². The molecule has 1 heterocycles. The molecule has 1 aliphatic carbocycles. The van der Waals surface area contributed by atoms with Crippen LogP contribution in [0, 0.1) is 17.3 Å². The predicted molar refractivity (Wildman–Crippen MR) is 78.9 cm³/mol. The summed E-state index contributed by atoms with van der Waals surface area (Å²) in [4.78, 5) is 0. The van der Waals surface area contributed by atoms with Crippen molar-refractivity contribution < 1.29 is 9.47 Å². The normalized spacial score (nSPS) is 31.4. The van der Waals surface area contributed by atoms with Crippen molar-refractivity contribution in [3.63, 3.8) is 0 Å². The summed E-state index contributed by atoms with van der Waals surface area (Å²) < 4.78 is 11.0. The molecular formula is C17H28O2. The molecule has 1 aliphatic heterocycles. The van der Waals surface area contributed by atoms with Gasteiger partial charge in [-0.25, -0.2) is 0 Å². The third-order valence-electron chi connectivity index (χ3n) is 4.20. The molecule has 1 saturated carbocycles. The summed E-state index contributed by atoms with van der Waals surface area (Å²) in [6, 6.07) is 0. The highest BCUT2D eigenvalue weighted by atomic mass is 16.6. The van der Waals surface area contributed by atoms with Gasteiger partial charge in [-0.05, 0) is 30.8 Å². The average Bonchev–Trinajstić information content (AvgIpc) is 3.16. The van der Waals surface area contributed by atoms with Crippen molar-refractivity contribution in [1.82, 2.24) is 0 Å². The van der Waals surface area contributed by atoms with Gasteiger partial charge in [0.05, 0.1) is 12.4 Å². The van der Waals surface area contributed by atoms with Gasteiger partial charge in [0.15, 0.2) is 0 Å². The van der Waals surface area contributed by atoms with E-state index in [2.05, 4.69) is 45.9 Å². The third-order valence-corrected chi connectivity index (χ3v) is 4.20. The first-order valence-electron chi connectivity index (χ1n) is 7.65. The summed E-state index contributed by atoms with van der Waals surface area (Å²) in [7, 11) is 0. The Labute approximate surface area is 117 Å². The zero-order valence-corrected chi connectivity index (χ0v) is 12.8. The molecule has 0 N–H and O–H groups in total. The molecule has 1 saturated heterocycles. The lowest BCUT2D eigenvalue weighted by Gasteiger charge is -2.32. The Morgan fingerprint density at radius 2 is 2.11 bits per heavy atom. The molecule has 19 heavy (non-hydrogen) atoms. The number of epoxide rings is 1. The van der Waals surface area contributed by atoms with Crippen LogP contribution in [0.2, 0.25) is 0 Å². The van der Waals surface area contributed by atoms with Crippen LogP contribution in [0.15, 0.2) is 24.0 Å². The van der Waals surface area contributed by atoms with E-state index in [4.69, 9.17) is 9.47 Å². The second-order valence-corrected chi connectivity index (χ2v) is 6.63. The van der Waals surface area contributed by atoms with Gasteiger partial charge in [-0.15, -0.1) is 0 Å². The SMILES string of the molecule is CC/C(=C\C(C)(C)/C=C\C1CCC1C)OC[C@@H]1CO1. The first kappa shape index (κ1) is 14.6. The fourth-order valence-electron chi connectivity index (χ4n) is 2.42. The number of allylic oxidation sites excluding steroid dienone is 4. The topological polar surface area (TPSA) is 21.8 Å². The van der Waals surface area contributed by atoms with Crippen molar-refractivity contribution in [2.24, 2.45) is 17.3 Å². The van der Waals surface area contributed by atoms with Gasteiger partial charge in [0.2, 0.25) is 0 Å². The fourth-order valence-corrected chi connectivity index (χ4v) is 2.42. The number of hydrogen-bond acceptors (Lipinski definition) is 2. The third kappa shape index (κ3) is 4.68. The largest absolute Gasteiger partial charge is 0.495 e. The van der Waals surface area contributed by atoms with Crippen molar-refractivity contribution in [1.29, 1.82) is 0 Å². The van der Waals surface area contributed by atoms with E-state index in [0.29, 0.717) is 12.7 Å². The minimum atomic E-state index is 0.0745. The Hall–Kier alpha value is -0.760. The molecule has 2 rings (SSSR count).